The molecule has 7 heteroatoms. The minimum absolute atomic E-state index is 0.0438. The molecule has 0 aromatic rings. The van der Waals surface area contributed by atoms with Gasteiger partial charge in [0.1, 0.15) is 0 Å². The van der Waals surface area contributed by atoms with Crippen LogP contribution in [0.4, 0.5) is 4.79 Å². The predicted octanol–water partition coefficient (Wildman–Crippen LogP) is 0.105. The summed E-state index contributed by atoms with van der Waals surface area (Å²) in [6.07, 6.45) is -3.32. The Morgan fingerprint density at radius 2 is 2.07 bits per heavy atom. The first kappa shape index (κ1) is 6.62. The molecule has 1 amide bonds. The molecule has 0 atom stereocenters. The highest BCUT2D eigenvalue weighted by Gasteiger charge is 2.24. The summed E-state index contributed by atoms with van der Waals surface area (Å²) in [7, 11) is -3.86. The quantitative estimate of drug-likeness (QED) is 0.677. The van der Waals surface area contributed by atoms with E-state index in [4.69, 9.17) is 10.6 Å². The molecular weight excluding hydrogens is 210 g/mol. The summed E-state index contributed by atoms with van der Waals surface area (Å²) in [5, 5.41) is 8.82. The molecule has 0 aliphatic carbocycles. The zero-order valence-corrected chi connectivity index (χ0v) is 8.24. The average Bonchev–Trinajstić information content (AvgIpc) is 1.90. The number of carbonyl (C=O) groups is 1. The van der Waals surface area contributed by atoms with E-state index in [1.165, 1.54) is 0 Å². The van der Waals surface area contributed by atoms with E-state index in [1.807, 2.05) is 0 Å². The lowest BCUT2D eigenvalue weighted by Crippen LogP contribution is -2.40. The van der Waals surface area contributed by atoms with Crippen LogP contribution >= 0.6 is 0 Å². The maximum Gasteiger partial charge on any atom is 0.407 e. The molecule has 1 aliphatic rings. The highest BCUT2D eigenvalue weighted by molar-refractivity contribution is 7.86. The van der Waals surface area contributed by atoms with Crippen LogP contribution in [0.3, 0.4) is 0 Å². The van der Waals surface area contributed by atoms with Gasteiger partial charge in [0.25, 0.3) is 10.1 Å². The van der Waals surface area contributed by atoms with E-state index in [0.29, 0.717) is 0 Å². The number of likely N-dealkylation sites (tertiary alicyclic amines) is 1. The highest BCUT2D eigenvalue weighted by Crippen LogP contribution is 2.15. The Morgan fingerprint density at radius 3 is 2.43 bits per heavy atom. The molecule has 1 saturated heterocycles. The van der Waals surface area contributed by atoms with Crippen LogP contribution in [-0.4, -0.2) is 49.9 Å². The monoisotopic (exact) mass is 227 g/mol. The number of carboxylic acid groups (broad SMARTS) is 1. The van der Waals surface area contributed by atoms with E-state index >= 15 is 0 Å². The smallest absolute Gasteiger partial charge is 0.407 e. The van der Waals surface area contributed by atoms with Gasteiger partial charge in [-0.2, -0.15) is 8.42 Å². The van der Waals surface area contributed by atoms with Crippen LogP contribution in [0.5, 0.6) is 0 Å². The fourth-order valence-electron chi connectivity index (χ4n) is 0.965. The van der Waals surface area contributed by atoms with Crippen LogP contribution < -0.4 is 0 Å². The molecule has 1 aliphatic heterocycles. The molecule has 0 unspecified atom stereocenters. The Balaban J connectivity index is 3.02. The number of piperidine rings is 1. The fraction of sp³-hybridized carbons (Fsp3) is 0.857. The summed E-state index contributed by atoms with van der Waals surface area (Å²) in [6.45, 7) is -5.08. The van der Waals surface area contributed by atoms with Gasteiger partial charge in [-0.1, -0.05) is 0 Å². The Labute approximate surface area is 88.2 Å². The lowest BCUT2D eigenvalue weighted by molar-refractivity contribution is 0.0934. The van der Waals surface area contributed by atoms with Crippen molar-refractivity contribution in [3.05, 3.63) is 0 Å². The van der Waals surface area contributed by atoms with Crippen molar-refractivity contribution >= 4 is 16.2 Å². The van der Waals surface area contributed by atoms with Crippen molar-refractivity contribution < 1.29 is 28.0 Å². The van der Waals surface area contributed by atoms with Crippen molar-refractivity contribution in [3.8, 4) is 0 Å². The first-order valence-corrected chi connectivity index (χ1v) is 5.58. The van der Waals surface area contributed by atoms with Crippen molar-refractivity contribution in [1.29, 1.82) is 0 Å². The summed E-state index contributed by atoms with van der Waals surface area (Å²) in [6, 6.07) is 0. The van der Waals surface area contributed by atoms with Crippen molar-refractivity contribution in [2.45, 2.75) is 18.9 Å². The van der Waals surface area contributed by atoms with Gasteiger partial charge in [-0.3, -0.25) is 4.18 Å². The summed E-state index contributed by atoms with van der Waals surface area (Å²) >= 11 is 0. The molecule has 0 radical (unpaired) electrons. The zero-order chi connectivity index (χ0) is 14.4. The standard InChI is InChI=1S/C7H13NO5S/c1-14(11,12)13-6-2-4-8(5-3-6)7(9)10/h6H,2-5H2,1H3,(H,9,10)/i4D2,5D2. The van der Waals surface area contributed by atoms with Crippen LogP contribution in [0.2, 0.25) is 0 Å². The number of rotatable bonds is 2. The van der Waals surface area contributed by atoms with Gasteiger partial charge >= 0.3 is 6.09 Å². The third kappa shape index (κ3) is 3.51. The van der Waals surface area contributed by atoms with Gasteiger partial charge in [-0.25, -0.2) is 4.79 Å². The third-order valence-corrected chi connectivity index (χ3v) is 2.08. The van der Waals surface area contributed by atoms with Crippen molar-refractivity contribution in [3.63, 3.8) is 0 Å². The summed E-state index contributed by atoms with van der Waals surface area (Å²) in [4.78, 5) is 10.9. The second kappa shape index (κ2) is 4.14. The Bertz CT molecular complexity index is 433. The van der Waals surface area contributed by atoms with E-state index in [9.17, 15) is 13.2 Å². The minimum atomic E-state index is -3.86. The van der Waals surface area contributed by atoms with Crippen molar-refractivity contribution in [2.75, 3.05) is 19.2 Å². The van der Waals surface area contributed by atoms with Gasteiger partial charge < -0.3 is 10.0 Å². The van der Waals surface area contributed by atoms with Crippen molar-refractivity contribution in [1.82, 2.24) is 4.90 Å². The van der Waals surface area contributed by atoms with E-state index in [-0.39, 0.29) is 4.90 Å². The first-order valence-electron chi connectivity index (χ1n) is 5.77. The Hall–Kier alpha value is -0.820. The third-order valence-electron chi connectivity index (χ3n) is 1.46. The zero-order valence-electron chi connectivity index (χ0n) is 11.4. The van der Waals surface area contributed by atoms with Crippen LogP contribution in [-0.2, 0) is 14.3 Å². The van der Waals surface area contributed by atoms with Gasteiger partial charge in [0.2, 0.25) is 0 Å². The van der Waals surface area contributed by atoms with E-state index in [0.717, 1.165) is 6.26 Å². The summed E-state index contributed by atoms with van der Waals surface area (Å²) in [5.74, 6) is 0. The number of hydrogen-bond acceptors (Lipinski definition) is 4. The predicted molar refractivity (Wildman–Crippen MR) is 48.5 cm³/mol. The lowest BCUT2D eigenvalue weighted by Gasteiger charge is -2.28. The summed E-state index contributed by atoms with van der Waals surface area (Å²) in [5.41, 5.74) is 0. The average molecular weight is 227 g/mol. The number of amides is 1. The molecule has 82 valence electrons. The molecule has 1 heterocycles. The minimum Gasteiger partial charge on any atom is -0.465 e. The molecule has 0 aromatic heterocycles. The summed E-state index contributed by atoms with van der Waals surface area (Å²) < 4.78 is 56.4. The van der Waals surface area contributed by atoms with Crippen LogP contribution in [0.25, 0.3) is 0 Å². The van der Waals surface area contributed by atoms with E-state index < -0.39 is 48.2 Å². The maximum absolute atomic E-state index is 10.9. The van der Waals surface area contributed by atoms with Gasteiger partial charge in [0.15, 0.2) is 0 Å². The molecule has 0 aromatic carbocycles. The SMILES string of the molecule is [2H]C1([2H])CC(OS(C)(=O)=O)CC([2H])([2H])N1C(=O)O. The largest absolute Gasteiger partial charge is 0.465 e. The first-order chi connectivity index (χ1) is 7.85. The molecule has 6 nitrogen and oxygen atoms in total. The molecule has 1 fully saturated rings. The van der Waals surface area contributed by atoms with E-state index in [1.54, 1.807) is 0 Å². The molecule has 14 heavy (non-hydrogen) atoms. The number of nitrogens with zero attached hydrogens (tertiary/aromatic N) is 1. The molecule has 0 spiro atoms. The van der Waals surface area contributed by atoms with Crippen molar-refractivity contribution in [2.24, 2.45) is 0 Å². The highest BCUT2D eigenvalue weighted by atomic mass is 32.2. The fourth-order valence-corrected chi connectivity index (χ4v) is 1.60. The molecular formula is C7H13NO5S. The number of hydrogen-bond donors (Lipinski definition) is 1. The second-order valence-electron chi connectivity index (χ2n) is 2.76. The molecule has 1 N–H and O–H groups in total. The second-order valence-corrected chi connectivity index (χ2v) is 4.37. The topological polar surface area (TPSA) is 83.9 Å². The Morgan fingerprint density at radius 1 is 1.57 bits per heavy atom. The van der Waals surface area contributed by atoms with Gasteiger partial charge in [-0.15, -0.1) is 0 Å². The molecule has 0 saturated carbocycles. The lowest BCUT2D eigenvalue weighted by atomic mass is 10.1. The van der Waals surface area contributed by atoms with Crippen LogP contribution in [0, 0.1) is 0 Å². The van der Waals surface area contributed by atoms with Gasteiger partial charge in [-0.05, 0) is 12.8 Å². The molecule has 0 bridgehead atoms. The van der Waals surface area contributed by atoms with Crippen LogP contribution in [0.15, 0.2) is 0 Å². The van der Waals surface area contributed by atoms with Gasteiger partial charge in [0.05, 0.1) is 12.4 Å². The van der Waals surface area contributed by atoms with Gasteiger partial charge in [0, 0.05) is 18.5 Å². The maximum atomic E-state index is 10.9. The van der Waals surface area contributed by atoms with Crippen LogP contribution in [0.1, 0.15) is 18.3 Å². The normalized spacial score (nSPS) is 31.1. The van der Waals surface area contributed by atoms with E-state index in [2.05, 4.69) is 4.18 Å². The molecule has 1 rings (SSSR count). The Kier molecular flexibility index (Phi) is 1.96.